The minimum Gasteiger partial charge on any atom is -0.465 e. The molecule has 0 spiro atoms. The Kier molecular flexibility index (Phi) is 5.02. The number of amides is 1. The third kappa shape index (κ3) is 3.27. The van der Waals surface area contributed by atoms with E-state index in [1.165, 1.54) is 7.11 Å². The molecule has 2 aromatic carbocycles. The molecule has 2 heterocycles. The summed E-state index contributed by atoms with van der Waals surface area (Å²) in [5.41, 5.74) is 1.90. The SMILES string of the molecule is COC(=O)c1ccc(C2(NC(=O)c3cc4c(Cl)c(Cl)ccc4n3C)COC2)cc1. The van der Waals surface area contributed by atoms with Gasteiger partial charge in [0.25, 0.3) is 5.91 Å². The number of rotatable bonds is 4. The molecule has 0 aliphatic carbocycles. The van der Waals surface area contributed by atoms with E-state index in [2.05, 4.69) is 5.32 Å². The Hall–Kier alpha value is -2.54. The van der Waals surface area contributed by atoms with Gasteiger partial charge >= 0.3 is 5.97 Å². The van der Waals surface area contributed by atoms with Gasteiger partial charge in [-0.05, 0) is 35.9 Å². The highest BCUT2D eigenvalue weighted by Gasteiger charge is 2.42. The lowest BCUT2D eigenvalue weighted by Crippen LogP contribution is -2.59. The van der Waals surface area contributed by atoms with Crippen molar-refractivity contribution in [2.24, 2.45) is 7.05 Å². The molecule has 29 heavy (non-hydrogen) atoms. The molecular weight excluding hydrogens is 415 g/mol. The van der Waals surface area contributed by atoms with Crippen molar-refractivity contribution in [1.29, 1.82) is 0 Å². The van der Waals surface area contributed by atoms with Gasteiger partial charge in [0.05, 0.1) is 35.9 Å². The highest BCUT2D eigenvalue weighted by atomic mass is 35.5. The van der Waals surface area contributed by atoms with Crippen LogP contribution >= 0.6 is 23.2 Å². The van der Waals surface area contributed by atoms with E-state index in [0.29, 0.717) is 39.9 Å². The van der Waals surface area contributed by atoms with Crippen LogP contribution in [0.2, 0.25) is 10.0 Å². The van der Waals surface area contributed by atoms with Crippen LogP contribution in [0.25, 0.3) is 10.9 Å². The molecule has 8 heteroatoms. The maximum absolute atomic E-state index is 13.1. The number of aromatic nitrogens is 1. The largest absolute Gasteiger partial charge is 0.465 e. The van der Waals surface area contributed by atoms with Gasteiger partial charge in [-0.1, -0.05) is 35.3 Å². The molecule has 0 bridgehead atoms. The van der Waals surface area contributed by atoms with Crippen molar-refractivity contribution in [2.45, 2.75) is 5.54 Å². The smallest absolute Gasteiger partial charge is 0.337 e. The van der Waals surface area contributed by atoms with Gasteiger partial charge in [0.2, 0.25) is 0 Å². The molecule has 6 nitrogen and oxygen atoms in total. The number of hydrogen-bond donors (Lipinski definition) is 1. The number of nitrogens with one attached hydrogen (secondary N) is 1. The Labute approximate surface area is 177 Å². The second-order valence-electron chi connectivity index (χ2n) is 6.98. The van der Waals surface area contributed by atoms with E-state index in [1.807, 2.05) is 6.07 Å². The fraction of sp³-hybridized carbons (Fsp3) is 0.238. The van der Waals surface area contributed by atoms with Gasteiger partial charge in [-0.2, -0.15) is 0 Å². The summed E-state index contributed by atoms with van der Waals surface area (Å²) in [6, 6.07) is 12.2. The number of nitrogens with zero attached hydrogens (tertiary/aromatic N) is 1. The van der Waals surface area contributed by atoms with Crippen molar-refractivity contribution in [3.8, 4) is 0 Å². The molecule has 0 saturated carbocycles. The van der Waals surface area contributed by atoms with Gasteiger partial charge in [0.1, 0.15) is 11.2 Å². The van der Waals surface area contributed by atoms with Gasteiger partial charge in [-0.25, -0.2) is 4.79 Å². The molecule has 150 valence electrons. The van der Waals surface area contributed by atoms with E-state index in [1.54, 1.807) is 48.0 Å². The summed E-state index contributed by atoms with van der Waals surface area (Å²) in [4.78, 5) is 24.8. The highest BCUT2D eigenvalue weighted by molar-refractivity contribution is 6.45. The van der Waals surface area contributed by atoms with Crippen molar-refractivity contribution in [3.05, 3.63) is 69.3 Å². The molecule has 3 aromatic rings. The van der Waals surface area contributed by atoms with Crippen LogP contribution in [-0.4, -0.2) is 36.8 Å². The van der Waals surface area contributed by atoms with E-state index in [4.69, 9.17) is 32.7 Å². The van der Waals surface area contributed by atoms with Crippen LogP contribution in [0.4, 0.5) is 0 Å². The highest BCUT2D eigenvalue weighted by Crippen LogP contribution is 2.34. The number of esters is 1. The summed E-state index contributed by atoms with van der Waals surface area (Å²) in [6.07, 6.45) is 0. The first-order valence-corrected chi connectivity index (χ1v) is 9.64. The van der Waals surface area contributed by atoms with Crippen molar-refractivity contribution in [1.82, 2.24) is 9.88 Å². The number of hydrogen-bond acceptors (Lipinski definition) is 4. The van der Waals surface area contributed by atoms with Gasteiger partial charge in [0, 0.05) is 18.0 Å². The molecule has 1 aliphatic rings. The number of benzene rings is 2. The van der Waals surface area contributed by atoms with Crippen molar-refractivity contribution < 1.29 is 19.1 Å². The van der Waals surface area contributed by atoms with Crippen LogP contribution in [0.1, 0.15) is 26.4 Å². The number of halogens is 2. The predicted octanol–water partition coefficient (Wildman–Crippen LogP) is 3.93. The monoisotopic (exact) mass is 432 g/mol. The molecule has 1 aliphatic heterocycles. The van der Waals surface area contributed by atoms with Crippen molar-refractivity contribution >= 4 is 46.0 Å². The molecule has 0 atom stereocenters. The fourth-order valence-electron chi connectivity index (χ4n) is 3.51. The van der Waals surface area contributed by atoms with Crippen LogP contribution in [0.5, 0.6) is 0 Å². The Morgan fingerprint density at radius 1 is 1.14 bits per heavy atom. The van der Waals surface area contributed by atoms with Crippen LogP contribution in [0, 0.1) is 0 Å². The number of carbonyl (C=O) groups is 2. The van der Waals surface area contributed by atoms with Gasteiger partial charge in [-0.3, -0.25) is 4.79 Å². The van der Waals surface area contributed by atoms with Crippen LogP contribution in [0.3, 0.4) is 0 Å². The second kappa shape index (κ2) is 7.37. The van der Waals surface area contributed by atoms with Crippen molar-refractivity contribution in [3.63, 3.8) is 0 Å². The Balaban J connectivity index is 1.64. The fourth-order valence-corrected chi connectivity index (χ4v) is 3.89. The molecular formula is C21H18Cl2N2O4. The maximum Gasteiger partial charge on any atom is 0.337 e. The Morgan fingerprint density at radius 3 is 2.41 bits per heavy atom. The summed E-state index contributed by atoms with van der Waals surface area (Å²) in [6.45, 7) is 0.680. The Bertz CT molecular complexity index is 1120. The number of carbonyl (C=O) groups excluding carboxylic acids is 2. The lowest BCUT2D eigenvalue weighted by Gasteiger charge is -2.42. The third-order valence-electron chi connectivity index (χ3n) is 5.25. The zero-order valence-corrected chi connectivity index (χ0v) is 17.3. The molecule has 1 amide bonds. The zero-order valence-electron chi connectivity index (χ0n) is 15.8. The standard InChI is InChI=1S/C21H18Cl2N2O4/c1-25-16-8-7-15(22)18(23)14(16)9-17(25)19(26)24-21(10-29-11-21)13-5-3-12(4-6-13)20(27)28-2/h3-9H,10-11H2,1-2H3,(H,24,26). The quantitative estimate of drug-likeness (QED) is 0.634. The molecule has 0 unspecified atom stereocenters. The minimum atomic E-state index is -0.663. The maximum atomic E-state index is 13.1. The summed E-state index contributed by atoms with van der Waals surface area (Å²) in [5, 5.41) is 4.65. The number of methoxy groups -OCH3 is 1. The predicted molar refractivity (Wildman–Crippen MR) is 111 cm³/mol. The Morgan fingerprint density at radius 2 is 1.83 bits per heavy atom. The summed E-state index contributed by atoms with van der Waals surface area (Å²) < 4.78 is 11.9. The van der Waals surface area contributed by atoms with Crippen LogP contribution in [-0.2, 0) is 22.1 Å². The first-order chi connectivity index (χ1) is 13.9. The van der Waals surface area contributed by atoms with Gasteiger partial charge in [0.15, 0.2) is 0 Å². The van der Waals surface area contributed by atoms with E-state index < -0.39 is 11.5 Å². The first-order valence-electron chi connectivity index (χ1n) is 8.89. The molecule has 1 N–H and O–H groups in total. The molecule has 1 fully saturated rings. The normalized spacial score (nSPS) is 15.0. The average molecular weight is 433 g/mol. The summed E-state index contributed by atoms with van der Waals surface area (Å²) >= 11 is 12.4. The molecule has 0 radical (unpaired) electrons. The average Bonchev–Trinajstić information content (AvgIpc) is 3.04. The topological polar surface area (TPSA) is 69.6 Å². The van der Waals surface area contributed by atoms with Crippen LogP contribution < -0.4 is 5.32 Å². The van der Waals surface area contributed by atoms with Crippen molar-refractivity contribution in [2.75, 3.05) is 20.3 Å². The van der Waals surface area contributed by atoms with E-state index in [-0.39, 0.29) is 5.91 Å². The number of fused-ring (bicyclic) bond motifs is 1. The second-order valence-corrected chi connectivity index (χ2v) is 7.77. The van der Waals surface area contributed by atoms with Gasteiger partial charge in [-0.15, -0.1) is 0 Å². The van der Waals surface area contributed by atoms with Gasteiger partial charge < -0.3 is 19.4 Å². The number of aryl methyl sites for hydroxylation is 1. The summed E-state index contributed by atoms with van der Waals surface area (Å²) in [7, 11) is 3.14. The minimum absolute atomic E-state index is 0.253. The zero-order chi connectivity index (χ0) is 20.8. The third-order valence-corrected chi connectivity index (χ3v) is 6.07. The lowest BCUT2D eigenvalue weighted by molar-refractivity contribution is -0.0734. The lowest BCUT2D eigenvalue weighted by atomic mass is 9.87. The van der Waals surface area contributed by atoms with E-state index >= 15 is 0 Å². The first kappa shape index (κ1) is 19.8. The van der Waals surface area contributed by atoms with Crippen LogP contribution in [0.15, 0.2) is 42.5 Å². The molecule has 4 rings (SSSR count). The number of ether oxygens (including phenoxy) is 2. The van der Waals surface area contributed by atoms with E-state index in [9.17, 15) is 9.59 Å². The van der Waals surface area contributed by atoms with E-state index in [0.717, 1.165) is 11.1 Å². The molecule has 1 saturated heterocycles. The molecule has 1 aromatic heterocycles. The summed E-state index contributed by atoms with van der Waals surface area (Å²) in [5.74, 6) is -0.665.